The number of carbonyl (C=O) groups excluding carboxylic acids is 2. The molecule has 0 saturated carbocycles. The molecular formula is C16H18N2O2. The van der Waals surface area contributed by atoms with E-state index in [2.05, 4.69) is 0 Å². The van der Waals surface area contributed by atoms with Gasteiger partial charge in [0, 0.05) is 19.2 Å². The van der Waals surface area contributed by atoms with Gasteiger partial charge in [-0.15, -0.1) is 0 Å². The summed E-state index contributed by atoms with van der Waals surface area (Å²) in [5.41, 5.74) is 2.31. The minimum Gasteiger partial charge on any atom is -0.367 e. The molecule has 0 atom stereocenters. The molecule has 2 aliphatic heterocycles. The first kappa shape index (κ1) is 12.9. The molecule has 0 aromatic heterocycles. The third-order valence-electron chi connectivity index (χ3n) is 3.89. The largest absolute Gasteiger partial charge is 0.367 e. The summed E-state index contributed by atoms with van der Waals surface area (Å²) in [6, 6.07) is 7.46. The highest BCUT2D eigenvalue weighted by Crippen LogP contribution is 2.26. The van der Waals surface area contributed by atoms with Crippen molar-refractivity contribution in [2.45, 2.75) is 26.2 Å². The molecule has 4 heteroatoms. The molecule has 20 heavy (non-hydrogen) atoms. The van der Waals surface area contributed by atoms with Gasteiger partial charge in [-0.25, -0.2) is 4.90 Å². The second kappa shape index (κ2) is 5.12. The molecule has 0 unspecified atom stereocenters. The first-order valence-electron chi connectivity index (χ1n) is 7.08. The normalized spacial score (nSPS) is 19.6. The second-order valence-corrected chi connectivity index (χ2v) is 5.39. The highest BCUT2D eigenvalue weighted by Gasteiger charge is 2.35. The van der Waals surface area contributed by atoms with Crippen LogP contribution in [0.4, 0.5) is 5.69 Å². The van der Waals surface area contributed by atoms with Crippen LogP contribution in [0.3, 0.4) is 0 Å². The fourth-order valence-corrected chi connectivity index (χ4v) is 2.76. The van der Waals surface area contributed by atoms with E-state index >= 15 is 0 Å². The van der Waals surface area contributed by atoms with Crippen LogP contribution in [0.1, 0.15) is 24.8 Å². The minimum atomic E-state index is -0.237. The molecule has 1 aromatic carbocycles. The highest BCUT2D eigenvalue weighted by atomic mass is 16.2. The molecule has 2 amide bonds. The number of benzene rings is 1. The van der Waals surface area contributed by atoms with E-state index in [1.165, 1.54) is 17.4 Å². The maximum absolute atomic E-state index is 12.5. The highest BCUT2D eigenvalue weighted by molar-refractivity contribution is 6.30. The first-order chi connectivity index (χ1) is 9.66. The van der Waals surface area contributed by atoms with Crippen molar-refractivity contribution in [1.29, 1.82) is 0 Å². The predicted molar refractivity (Wildman–Crippen MR) is 77.2 cm³/mol. The maximum Gasteiger partial charge on any atom is 0.281 e. The Bertz CT molecular complexity index is 569. The molecule has 104 valence electrons. The summed E-state index contributed by atoms with van der Waals surface area (Å²) in [4.78, 5) is 27.9. The molecule has 0 aliphatic carbocycles. The third kappa shape index (κ3) is 2.22. The summed E-state index contributed by atoms with van der Waals surface area (Å²) in [6.07, 6.45) is 4.85. The van der Waals surface area contributed by atoms with E-state index in [1.54, 1.807) is 0 Å². The summed E-state index contributed by atoms with van der Waals surface area (Å²) >= 11 is 0. The summed E-state index contributed by atoms with van der Waals surface area (Å²) in [6.45, 7) is 3.72. The number of rotatable bonds is 2. The van der Waals surface area contributed by atoms with Gasteiger partial charge in [-0.2, -0.15) is 0 Å². The van der Waals surface area contributed by atoms with E-state index in [9.17, 15) is 9.59 Å². The molecule has 4 nitrogen and oxygen atoms in total. The van der Waals surface area contributed by atoms with Gasteiger partial charge < -0.3 is 4.90 Å². The van der Waals surface area contributed by atoms with E-state index in [0.29, 0.717) is 11.4 Å². The van der Waals surface area contributed by atoms with E-state index in [4.69, 9.17) is 0 Å². The van der Waals surface area contributed by atoms with Crippen molar-refractivity contribution in [3.05, 3.63) is 41.6 Å². The quantitative estimate of drug-likeness (QED) is 0.774. The van der Waals surface area contributed by atoms with Crippen LogP contribution in [0.5, 0.6) is 0 Å². The number of imide groups is 1. The van der Waals surface area contributed by atoms with Crippen molar-refractivity contribution in [1.82, 2.24) is 4.90 Å². The molecule has 2 aliphatic rings. The molecular weight excluding hydrogens is 252 g/mol. The zero-order valence-corrected chi connectivity index (χ0v) is 11.6. The molecule has 0 spiro atoms. The summed E-state index contributed by atoms with van der Waals surface area (Å²) in [7, 11) is 0. The van der Waals surface area contributed by atoms with Crippen molar-refractivity contribution in [3.63, 3.8) is 0 Å². The monoisotopic (exact) mass is 270 g/mol. The summed E-state index contributed by atoms with van der Waals surface area (Å²) < 4.78 is 0. The molecule has 2 heterocycles. The van der Waals surface area contributed by atoms with E-state index in [0.717, 1.165) is 31.5 Å². The van der Waals surface area contributed by atoms with Gasteiger partial charge in [0.1, 0.15) is 5.70 Å². The maximum atomic E-state index is 12.5. The fourth-order valence-electron chi connectivity index (χ4n) is 2.76. The third-order valence-corrected chi connectivity index (χ3v) is 3.89. The van der Waals surface area contributed by atoms with Crippen LogP contribution in [-0.2, 0) is 9.59 Å². The molecule has 0 bridgehead atoms. The molecule has 3 rings (SSSR count). The zero-order chi connectivity index (χ0) is 14.1. The van der Waals surface area contributed by atoms with Crippen molar-refractivity contribution < 1.29 is 9.59 Å². The van der Waals surface area contributed by atoms with Crippen molar-refractivity contribution >= 4 is 17.5 Å². The van der Waals surface area contributed by atoms with Crippen molar-refractivity contribution in [2.75, 3.05) is 18.0 Å². The second-order valence-electron chi connectivity index (χ2n) is 5.39. The minimum absolute atomic E-state index is 0.194. The first-order valence-corrected chi connectivity index (χ1v) is 7.08. The number of nitrogens with zero attached hydrogens (tertiary/aromatic N) is 2. The number of aryl methyl sites for hydroxylation is 1. The number of anilines is 1. The predicted octanol–water partition coefficient (Wildman–Crippen LogP) is 2.24. The fraction of sp³-hybridized carbons (Fsp3) is 0.375. The van der Waals surface area contributed by atoms with E-state index < -0.39 is 0 Å². The number of hydrogen-bond donors (Lipinski definition) is 0. The Morgan fingerprint density at radius 3 is 2.25 bits per heavy atom. The molecule has 1 fully saturated rings. The average molecular weight is 270 g/mol. The summed E-state index contributed by atoms with van der Waals surface area (Å²) in [5.74, 6) is -0.430. The van der Waals surface area contributed by atoms with Crippen molar-refractivity contribution in [2.24, 2.45) is 0 Å². The van der Waals surface area contributed by atoms with Gasteiger partial charge in [-0.3, -0.25) is 9.59 Å². The molecule has 1 aromatic rings. The van der Waals surface area contributed by atoms with Gasteiger partial charge in [0.15, 0.2) is 0 Å². The number of piperidine rings is 1. The van der Waals surface area contributed by atoms with Gasteiger partial charge in [-0.1, -0.05) is 17.7 Å². The summed E-state index contributed by atoms with van der Waals surface area (Å²) in [5, 5.41) is 0. The Kier molecular flexibility index (Phi) is 3.30. The SMILES string of the molecule is Cc1ccc(N2C(=O)C=C(N3CCCCC3)C2=O)cc1. The van der Waals surface area contributed by atoms with Gasteiger partial charge in [0.05, 0.1) is 5.69 Å². The van der Waals surface area contributed by atoms with Crippen LogP contribution in [0.2, 0.25) is 0 Å². The topological polar surface area (TPSA) is 40.6 Å². The Morgan fingerprint density at radius 1 is 0.950 bits per heavy atom. The van der Waals surface area contributed by atoms with Crippen LogP contribution in [-0.4, -0.2) is 29.8 Å². The molecule has 0 radical (unpaired) electrons. The standard InChI is InChI=1S/C16H18N2O2/c1-12-5-7-13(8-6-12)18-15(19)11-14(16(18)20)17-9-3-2-4-10-17/h5-8,11H,2-4,9-10H2,1H3. The lowest BCUT2D eigenvalue weighted by atomic mass is 10.1. The number of carbonyl (C=O) groups is 2. The van der Waals surface area contributed by atoms with Gasteiger partial charge in [-0.05, 0) is 38.3 Å². The van der Waals surface area contributed by atoms with Crippen LogP contribution in [0.15, 0.2) is 36.0 Å². The Hall–Kier alpha value is -2.10. The van der Waals surface area contributed by atoms with Gasteiger partial charge >= 0.3 is 0 Å². The van der Waals surface area contributed by atoms with Gasteiger partial charge in [0.25, 0.3) is 11.8 Å². The lowest BCUT2D eigenvalue weighted by Gasteiger charge is -2.29. The van der Waals surface area contributed by atoms with E-state index in [1.807, 2.05) is 36.1 Å². The van der Waals surface area contributed by atoms with Crippen molar-refractivity contribution in [3.8, 4) is 0 Å². The smallest absolute Gasteiger partial charge is 0.281 e. The Morgan fingerprint density at radius 2 is 1.60 bits per heavy atom. The number of amides is 2. The number of hydrogen-bond acceptors (Lipinski definition) is 3. The zero-order valence-electron chi connectivity index (χ0n) is 11.6. The lowest BCUT2D eigenvalue weighted by Crippen LogP contribution is -2.37. The van der Waals surface area contributed by atoms with E-state index in [-0.39, 0.29) is 11.8 Å². The Balaban J connectivity index is 1.84. The van der Waals surface area contributed by atoms with Crippen LogP contribution in [0.25, 0.3) is 0 Å². The van der Waals surface area contributed by atoms with Gasteiger partial charge in [0.2, 0.25) is 0 Å². The molecule has 1 saturated heterocycles. The van der Waals surface area contributed by atoms with Crippen LogP contribution < -0.4 is 4.90 Å². The average Bonchev–Trinajstić information content (AvgIpc) is 2.76. The van der Waals surface area contributed by atoms with Crippen LogP contribution >= 0.6 is 0 Å². The lowest BCUT2D eigenvalue weighted by molar-refractivity contribution is -0.121. The Labute approximate surface area is 118 Å². The van der Waals surface area contributed by atoms with Crippen LogP contribution in [0, 0.1) is 6.92 Å². The molecule has 0 N–H and O–H groups in total. The number of likely N-dealkylation sites (tertiary alicyclic amines) is 1.